The number of halogens is 1. The molecule has 0 aromatic heterocycles. The van der Waals surface area contributed by atoms with Crippen LogP contribution in [0.15, 0.2) is 35.9 Å². The van der Waals surface area contributed by atoms with E-state index in [9.17, 15) is 4.79 Å². The van der Waals surface area contributed by atoms with Crippen LogP contribution in [0, 0.1) is 0 Å². The highest BCUT2D eigenvalue weighted by Crippen LogP contribution is 2.39. The molecule has 3 heteroatoms. The van der Waals surface area contributed by atoms with Gasteiger partial charge in [0.25, 0.3) is 0 Å². The summed E-state index contributed by atoms with van der Waals surface area (Å²) in [5, 5.41) is 0. The van der Waals surface area contributed by atoms with E-state index in [2.05, 4.69) is 6.08 Å². The number of carbonyl (C=O) groups is 1. The first-order chi connectivity index (χ1) is 7.94. The first-order valence-corrected chi connectivity index (χ1v) is 6.02. The summed E-state index contributed by atoms with van der Waals surface area (Å²) < 4.78 is 0. The van der Waals surface area contributed by atoms with Gasteiger partial charge in [0, 0.05) is 7.05 Å². The minimum Gasteiger partial charge on any atom is -0.335 e. The standard InChI is InChI=1S/C14H16ClNO/c1-10(9-11-7-5-4-6-8-11)12-14(2,15)13(17)16(12)3/h4-9,12H,1-3H3/b10-9+/t12-,14+/m1/s1. The van der Waals surface area contributed by atoms with Gasteiger partial charge in [-0.1, -0.05) is 36.4 Å². The van der Waals surface area contributed by atoms with E-state index in [1.54, 1.807) is 18.9 Å². The van der Waals surface area contributed by atoms with Crippen molar-refractivity contribution in [1.29, 1.82) is 0 Å². The van der Waals surface area contributed by atoms with Gasteiger partial charge >= 0.3 is 0 Å². The molecule has 1 saturated heterocycles. The van der Waals surface area contributed by atoms with Gasteiger partial charge in [0.2, 0.25) is 5.91 Å². The quantitative estimate of drug-likeness (QED) is 0.583. The third-order valence-corrected chi connectivity index (χ3v) is 3.63. The summed E-state index contributed by atoms with van der Waals surface area (Å²) in [4.78, 5) is 12.5. The van der Waals surface area contributed by atoms with Gasteiger partial charge in [0.15, 0.2) is 0 Å². The van der Waals surface area contributed by atoms with Gasteiger partial charge < -0.3 is 4.90 Å². The highest BCUT2D eigenvalue weighted by molar-refractivity contribution is 6.38. The summed E-state index contributed by atoms with van der Waals surface area (Å²) in [6.07, 6.45) is 2.08. The highest BCUT2D eigenvalue weighted by Gasteiger charge is 2.55. The maximum absolute atomic E-state index is 11.6. The Kier molecular flexibility index (Phi) is 3.00. The van der Waals surface area contributed by atoms with Gasteiger partial charge in [-0.15, -0.1) is 11.6 Å². The lowest BCUT2D eigenvalue weighted by Crippen LogP contribution is -2.68. The second-order valence-corrected chi connectivity index (χ2v) is 5.48. The largest absolute Gasteiger partial charge is 0.335 e. The van der Waals surface area contributed by atoms with Crippen LogP contribution in [0.2, 0.25) is 0 Å². The zero-order valence-electron chi connectivity index (χ0n) is 10.3. The Hall–Kier alpha value is -1.28. The number of β-lactam (4-membered cyclic amide) rings is 1. The van der Waals surface area contributed by atoms with Crippen LogP contribution in [0.25, 0.3) is 6.08 Å². The third kappa shape index (κ3) is 1.98. The van der Waals surface area contributed by atoms with Crippen LogP contribution in [0.4, 0.5) is 0 Å². The molecule has 0 aliphatic carbocycles. The first-order valence-electron chi connectivity index (χ1n) is 5.64. The molecule has 0 radical (unpaired) electrons. The number of rotatable bonds is 2. The summed E-state index contributed by atoms with van der Waals surface area (Å²) in [6.45, 7) is 3.80. The number of amides is 1. The van der Waals surface area contributed by atoms with Crippen molar-refractivity contribution < 1.29 is 4.79 Å². The lowest BCUT2D eigenvalue weighted by molar-refractivity contribution is -0.146. The maximum Gasteiger partial charge on any atom is 0.246 e. The van der Waals surface area contributed by atoms with Crippen LogP contribution < -0.4 is 0 Å². The number of likely N-dealkylation sites (tertiary alicyclic amines) is 1. The number of hydrogen-bond acceptors (Lipinski definition) is 1. The fourth-order valence-corrected chi connectivity index (χ4v) is 2.95. The van der Waals surface area contributed by atoms with E-state index < -0.39 is 4.87 Å². The molecule has 0 bridgehead atoms. The molecule has 17 heavy (non-hydrogen) atoms. The van der Waals surface area contributed by atoms with Gasteiger partial charge in [-0.05, 0) is 25.0 Å². The Labute approximate surface area is 107 Å². The molecular weight excluding hydrogens is 234 g/mol. The van der Waals surface area contributed by atoms with E-state index in [0.717, 1.165) is 11.1 Å². The van der Waals surface area contributed by atoms with Crippen molar-refractivity contribution in [1.82, 2.24) is 4.90 Å². The third-order valence-electron chi connectivity index (χ3n) is 3.26. The zero-order chi connectivity index (χ0) is 12.6. The number of alkyl halides is 1. The van der Waals surface area contributed by atoms with Crippen molar-refractivity contribution in [2.24, 2.45) is 0 Å². The molecule has 90 valence electrons. The first kappa shape index (κ1) is 12.2. The summed E-state index contributed by atoms with van der Waals surface area (Å²) in [5.41, 5.74) is 2.24. The molecule has 1 aliphatic rings. The molecule has 1 heterocycles. The van der Waals surface area contributed by atoms with Crippen LogP contribution in [0.5, 0.6) is 0 Å². The lowest BCUT2D eigenvalue weighted by Gasteiger charge is -2.49. The predicted molar refractivity (Wildman–Crippen MR) is 70.9 cm³/mol. The maximum atomic E-state index is 11.6. The molecule has 0 saturated carbocycles. The monoisotopic (exact) mass is 249 g/mol. The molecule has 2 nitrogen and oxygen atoms in total. The topological polar surface area (TPSA) is 20.3 Å². The number of benzene rings is 1. The normalized spacial score (nSPS) is 29.2. The smallest absolute Gasteiger partial charge is 0.246 e. The van der Waals surface area contributed by atoms with E-state index in [-0.39, 0.29) is 11.9 Å². The lowest BCUT2D eigenvalue weighted by atomic mass is 9.83. The summed E-state index contributed by atoms with van der Waals surface area (Å²) >= 11 is 6.24. The number of carbonyl (C=O) groups excluding carboxylic acids is 1. The highest BCUT2D eigenvalue weighted by atomic mass is 35.5. The van der Waals surface area contributed by atoms with E-state index >= 15 is 0 Å². The van der Waals surface area contributed by atoms with Gasteiger partial charge in [0.05, 0.1) is 6.04 Å². The average Bonchev–Trinajstić information content (AvgIpc) is 2.29. The molecule has 1 aliphatic heterocycles. The summed E-state index contributed by atoms with van der Waals surface area (Å²) in [7, 11) is 1.79. The second kappa shape index (κ2) is 4.19. The molecule has 0 spiro atoms. The number of hydrogen-bond donors (Lipinski definition) is 0. The van der Waals surface area contributed by atoms with Crippen LogP contribution in [-0.2, 0) is 4.79 Å². The van der Waals surface area contributed by atoms with Crippen molar-refractivity contribution in [2.75, 3.05) is 7.05 Å². The Balaban J connectivity index is 2.25. The van der Waals surface area contributed by atoms with Crippen molar-refractivity contribution >= 4 is 23.6 Å². The molecular formula is C14H16ClNO. The summed E-state index contributed by atoms with van der Waals surface area (Å²) in [6, 6.07) is 10.0. The fraction of sp³-hybridized carbons (Fsp3) is 0.357. The SMILES string of the molecule is C/C(=C\c1ccccc1)[C@H]1N(C)C(=O)[C@@]1(C)Cl. The average molecular weight is 250 g/mol. The van der Waals surface area contributed by atoms with E-state index in [0.29, 0.717) is 0 Å². The Morgan fingerprint density at radius 2 is 2.00 bits per heavy atom. The Bertz CT molecular complexity index is 464. The molecule has 1 aromatic carbocycles. The van der Waals surface area contributed by atoms with Gasteiger partial charge in [-0.25, -0.2) is 0 Å². The van der Waals surface area contributed by atoms with E-state index in [1.807, 2.05) is 37.3 Å². The number of likely N-dealkylation sites (N-methyl/N-ethyl adjacent to an activating group) is 1. The van der Waals surface area contributed by atoms with Crippen LogP contribution in [0.1, 0.15) is 19.4 Å². The molecule has 1 amide bonds. The Morgan fingerprint density at radius 1 is 1.41 bits per heavy atom. The zero-order valence-corrected chi connectivity index (χ0v) is 11.0. The van der Waals surface area contributed by atoms with Crippen molar-refractivity contribution in [3.05, 3.63) is 41.5 Å². The number of nitrogens with zero attached hydrogens (tertiary/aromatic N) is 1. The second-order valence-electron chi connectivity index (χ2n) is 4.69. The van der Waals surface area contributed by atoms with Crippen LogP contribution in [0.3, 0.4) is 0 Å². The minimum absolute atomic E-state index is 0.00928. The van der Waals surface area contributed by atoms with Crippen molar-refractivity contribution in [3.8, 4) is 0 Å². The van der Waals surface area contributed by atoms with Crippen molar-refractivity contribution in [2.45, 2.75) is 24.8 Å². The van der Waals surface area contributed by atoms with Gasteiger partial charge in [-0.2, -0.15) is 0 Å². The van der Waals surface area contributed by atoms with E-state index in [1.165, 1.54) is 0 Å². The molecule has 2 rings (SSSR count). The minimum atomic E-state index is -0.788. The van der Waals surface area contributed by atoms with Crippen LogP contribution >= 0.6 is 11.6 Å². The molecule has 0 unspecified atom stereocenters. The van der Waals surface area contributed by atoms with Gasteiger partial charge in [0.1, 0.15) is 4.87 Å². The van der Waals surface area contributed by atoms with Crippen molar-refractivity contribution in [3.63, 3.8) is 0 Å². The Morgan fingerprint density at radius 3 is 2.53 bits per heavy atom. The molecule has 2 atom stereocenters. The molecule has 1 fully saturated rings. The van der Waals surface area contributed by atoms with Crippen LogP contribution in [-0.4, -0.2) is 28.8 Å². The van der Waals surface area contributed by atoms with Gasteiger partial charge in [-0.3, -0.25) is 4.79 Å². The van der Waals surface area contributed by atoms with E-state index in [4.69, 9.17) is 11.6 Å². The predicted octanol–water partition coefficient (Wildman–Crippen LogP) is 2.93. The molecule has 1 aromatic rings. The molecule has 0 N–H and O–H groups in total. The summed E-state index contributed by atoms with van der Waals surface area (Å²) in [5.74, 6) is -0.00928. The fourth-order valence-electron chi connectivity index (χ4n) is 2.50.